The molecule has 1 fully saturated rings. The summed E-state index contributed by atoms with van der Waals surface area (Å²) in [5, 5.41) is 3.03. The lowest BCUT2D eigenvalue weighted by Crippen LogP contribution is -2.26. The molecule has 1 amide bonds. The zero-order valence-electron chi connectivity index (χ0n) is 17.1. The number of carbonyl (C=O) groups excluding carboxylic acids is 1. The molecule has 1 aliphatic rings. The van der Waals surface area contributed by atoms with Crippen molar-refractivity contribution in [2.24, 2.45) is 0 Å². The third-order valence-corrected chi connectivity index (χ3v) is 5.13. The second-order valence-electron chi connectivity index (χ2n) is 7.75. The Morgan fingerprint density at radius 1 is 1.00 bits per heavy atom. The maximum absolute atomic E-state index is 12.2. The van der Waals surface area contributed by atoms with Gasteiger partial charge in [-0.05, 0) is 61.2 Å². The molecule has 0 bridgehead atoms. The summed E-state index contributed by atoms with van der Waals surface area (Å²) in [6.45, 7) is 3.08. The monoisotopic (exact) mass is 404 g/mol. The van der Waals surface area contributed by atoms with Crippen LogP contribution in [0.3, 0.4) is 0 Å². The third-order valence-electron chi connectivity index (χ3n) is 5.13. The number of hydrogen-bond donors (Lipinski definition) is 1. The van der Waals surface area contributed by atoms with Gasteiger partial charge in [-0.2, -0.15) is 0 Å². The quantitative estimate of drug-likeness (QED) is 0.473. The van der Waals surface area contributed by atoms with E-state index in [9.17, 15) is 4.79 Å². The highest BCUT2D eigenvalue weighted by Crippen LogP contribution is 2.19. The zero-order chi connectivity index (χ0) is 20.6. The van der Waals surface area contributed by atoms with E-state index in [1.54, 1.807) is 6.26 Å². The molecule has 4 rings (SSSR count). The second kappa shape index (κ2) is 10.1. The lowest BCUT2D eigenvalue weighted by Gasteiger charge is -2.21. The van der Waals surface area contributed by atoms with Gasteiger partial charge in [-0.3, -0.25) is 9.69 Å². The van der Waals surface area contributed by atoms with E-state index in [1.165, 1.54) is 5.56 Å². The second-order valence-corrected chi connectivity index (χ2v) is 7.75. The van der Waals surface area contributed by atoms with Gasteiger partial charge in [0.15, 0.2) is 0 Å². The van der Waals surface area contributed by atoms with Gasteiger partial charge in [0.2, 0.25) is 0 Å². The minimum atomic E-state index is 0.0227. The molecule has 156 valence electrons. The van der Waals surface area contributed by atoms with Crippen LogP contribution in [0.25, 0.3) is 0 Å². The first-order valence-corrected chi connectivity index (χ1v) is 10.6. The topological polar surface area (TPSA) is 54.7 Å². The molecule has 3 aromatic rings. The fourth-order valence-electron chi connectivity index (χ4n) is 3.35. The van der Waals surface area contributed by atoms with Crippen molar-refractivity contribution >= 4 is 5.91 Å². The SMILES string of the molecule is O=C(NC1CC1)c1ccc(CN(CCCOc2ccccc2)Cc2ccco2)cc1. The van der Waals surface area contributed by atoms with Crippen molar-refractivity contribution in [3.05, 3.63) is 89.9 Å². The summed E-state index contributed by atoms with van der Waals surface area (Å²) < 4.78 is 11.4. The van der Waals surface area contributed by atoms with Gasteiger partial charge >= 0.3 is 0 Å². The summed E-state index contributed by atoms with van der Waals surface area (Å²) in [4.78, 5) is 14.5. The minimum Gasteiger partial charge on any atom is -0.494 e. The van der Waals surface area contributed by atoms with Gasteiger partial charge in [-0.1, -0.05) is 30.3 Å². The summed E-state index contributed by atoms with van der Waals surface area (Å²) in [5.41, 5.74) is 1.90. The number of nitrogens with zero attached hydrogens (tertiary/aromatic N) is 1. The molecular weight excluding hydrogens is 376 g/mol. The first kappa shape index (κ1) is 20.2. The lowest BCUT2D eigenvalue weighted by molar-refractivity contribution is 0.0951. The van der Waals surface area contributed by atoms with E-state index >= 15 is 0 Å². The predicted octanol–water partition coefficient (Wildman–Crippen LogP) is 4.64. The highest BCUT2D eigenvalue weighted by atomic mass is 16.5. The van der Waals surface area contributed by atoms with E-state index in [2.05, 4.69) is 10.2 Å². The summed E-state index contributed by atoms with van der Waals surface area (Å²) in [6, 6.07) is 22.1. The molecule has 1 aromatic heterocycles. The third kappa shape index (κ3) is 6.22. The van der Waals surface area contributed by atoms with Gasteiger partial charge in [-0.15, -0.1) is 0 Å². The highest BCUT2D eigenvalue weighted by molar-refractivity contribution is 5.94. The van der Waals surface area contributed by atoms with Crippen LogP contribution in [0, 0.1) is 0 Å². The average molecular weight is 405 g/mol. The van der Waals surface area contributed by atoms with Crippen LogP contribution < -0.4 is 10.1 Å². The zero-order valence-corrected chi connectivity index (χ0v) is 17.1. The maximum atomic E-state index is 12.2. The number of amides is 1. The largest absolute Gasteiger partial charge is 0.494 e. The van der Waals surface area contributed by atoms with Crippen LogP contribution >= 0.6 is 0 Å². The molecule has 1 heterocycles. The summed E-state index contributed by atoms with van der Waals surface area (Å²) in [6.07, 6.45) is 4.82. The first-order valence-electron chi connectivity index (χ1n) is 10.6. The van der Waals surface area contributed by atoms with Gasteiger partial charge in [0.25, 0.3) is 5.91 Å². The number of carbonyl (C=O) groups is 1. The fourth-order valence-corrected chi connectivity index (χ4v) is 3.35. The summed E-state index contributed by atoms with van der Waals surface area (Å²) >= 11 is 0. The predicted molar refractivity (Wildman–Crippen MR) is 116 cm³/mol. The lowest BCUT2D eigenvalue weighted by atomic mass is 10.1. The van der Waals surface area contributed by atoms with Gasteiger partial charge < -0.3 is 14.5 Å². The van der Waals surface area contributed by atoms with Crippen LogP contribution in [-0.2, 0) is 13.1 Å². The van der Waals surface area contributed by atoms with Crippen molar-refractivity contribution < 1.29 is 13.9 Å². The Balaban J connectivity index is 1.31. The van der Waals surface area contributed by atoms with Crippen molar-refractivity contribution in [3.63, 3.8) is 0 Å². The Bertz CT molecular complexity index is 903. The van der Waals surface area contributed by atoms with Crippen molar-refractivity contribution in [3.8, 4) is 5.75 Å². The Hall–Kier alpha value is -3.05. The summed E-state index contributed by atoms with van der Waals surface area (Å²) in [5.74, 6) is 1.86. The minimum absolute atomic E-state index is 0.0227. The average Bonchev–Trinajstić information content (AvgIpc) is 3.44. The molecule has 1 saturated carbocycles. The van der Waals surface area contributed by atoms with E-state index in [1.807, 2.05) is 66.7 Å². The molecule has 0 spiro atoms. The number of furan rings is 1. The Morgan fingerprint density at radius 3 is 2.50 bits per heavy atom. The number of para-hydroxylation sites is 1. The molecule has 2 aromatic carbocycles. The Labute approximate surface area is 177 Å². The van der Waals surface area contributed by atoms with Crippen LogP contribution in [0.2, 0.25) is 0 Å². The van der Waals surface area contributed by atoms with Gasteiger partial charge in [-0.25, -0.2) is 0 Å². The van der Waals surface area contributed by atoms with E-state index in [4.69, 9.17) is 9.15 Å². The molecule has 30 heavy (non-hydrogen) atoms. The van der Waals surface area contributed by atoms with Crippen molar-refractivity contribution in [1.82, 2.24) is 10.2 Å². The number of rotatable bonds is 11. The van der Waals surface area contributed by atoms with Gasteiger partial charge in [0.05, 0.1) is 19.4 Å². The van der Waals surface area contributed by atoms with Crippen molar-refractivity contribution in [2.75, 3.05) is 13.2 Å². The molecular formula is C25H28N2O3. The molecule has 5 nitrogen and oxygen atoms in total. The van der Waals surface area contributed by atoms with Crippen LogP contribution in [0.4, 0.5) is 0 Å². The molecule has 1 N–H and O–H groups in total. The molecule has 0 saturated heterocycles. The highest BCUT2D eigenvalue weighted by Gasteiger charge is 2.23. The molecule has 0 atom stereocenters. The van der Waals surface area contributed by atoms with E-state index < -0.39 is 0 Å². The molecule has 0 aliphatic heterocycles. The van der Waals surface area contributed by atoms with Crippen LogP contribution in [0.15, 0.2) is 77.4 Å². The van der Waals surface area contributed by atoms with E-state index in [0.717, 1.165) is 56.0 Å². The first-order chi connectivity index (χ1) is 14.8. The maximum Gasteiger partial charge on any atom is 0.251 e. The molecule has 0 unspecified atom stereocenters. The number of ether oxygens (including phenoxy) is 1. The van der Waals surface area contributed by atoms with Gasteiger partial charge in [0.1, 0.15) is 11.5 Å². The smallest absolute Gasteiger partial charge is 0.251 e. The van der Waals surface area contributed by atoms with Gasteiger partial charge in [0, 0.05) is 24.7 Å². The number of benzene rings is 2. The summed E-state index contributed by atoms with van der Waals surface area (Å²) in [7, 11) is 0. The number of nitrogens with one attached hydrogen (secondary N) is 1. The fraction of sp³-hybridized carbons (Fsp3) is 0.320. The van der Waals surface area contributed by atoms with Crippen molar-refractivity contribution in [1.29, 1.82) is 0 Å². The van der Waals surface area contributed by atoms with Crippen LogP contribution in [-0.4, -0.2) is 30.0 Å². The van der Waals surface area contributed by atoms with Crippen LogP contribution in [0.1, 0.15) is 40.9 Å². The molecule has 5 heteroatoms. The molecule has 1 aliphatic carbocycles. The standard InChI is InChI=1S/C25H28N2O3/c28-25(26-22-13-14-22)21-11-9-20(10-12-21)18-27(19-24-8-4-16-30-24)15-5-17-29-23-6-2-1-3-7-23/h1-4,6-12,16,22H,5,13-15,17-19H2,(H,26,28). The van der Waals surface area contributed by atoms with Crippen LogP contribution in [0.5, 0.6) is 5.75 Å². The normalized spacial score (nSPS) is 13.4. The Morgan fingerprint density at radius 2 is 1.80 bits per heavy atom. The molecule has 0 radical (unpaired) electrons. The van der Waals surface area contributed by atoms with E-state index in [0.29, 0.717) is 12.6 Å². The number of hydrogen-bond acceptors (Lipinski definition) is 4. The van der Waals surface area contributed by atoms with Crippen molar-refractivity contribution in [2.45, 2.75) is 38.4 Å². The van der Waals surface area contributed by atoms with E-state index in [-0.39, 0.29) is 5.91 Å². The Kier molecular flexibility index (Phi) is 6.83.